The van der Waals surface area contributed by atoms with Crippen molar-refractivity contribution in [3.63, 3.8) is 0 Å². The Morgan fingerprint density at radius 3 is 2.65 bits per heavy atom. The fourth-order valence-corrected chi connectivity index (χ4v) is 5.88. The number of nitrogens with zero attached hydrogens (tertiary/aromatic N) is 2. The molecule has 0 bridgehead atoms. The number of rotatable bonds is 4. The number of imide groups is 1. The molecule has 1 spiro atoms. The maximum Gasteiger partial charge on any atom is 0.325 e. The van der Waals surface area contributed by atoms with Crippen molar-refractivity contribution < 1.29 is 14.4 Å². The molecule has 31 heavy (non-hydrogen) atoms. The van der Waals surface area contributed by atoms with Crippen molar-refractivity contribution in [1.29, 1.82) is 0 Å². The van der Waals surface area contributed by atoms with E-state index in [1.807, 2.05) is 36.6 Å². The lowest BCUT2D eigenvalue weighted by Crippen LogP contribution is -2.54. The van der Waals surface area contributed by atoms with E-state index in [4.69, 9.17) is 0 Å². The van der Waals surface area contributed by atoms with Gasteiger partial charge in [-0.15, -0.1) is 11.3 Å². The number of carbonyl (C=O) groups excluding carboxylic acids is 3. The fourth-order valence-electron chi connectivity index (χ4n) is 5.14. The monoisotopic (exact) mass is 440 g/mol. The number of aromatic nitrogens is 1. The highest BCUT2D eigenvalue weighted by Crippen LogP contribution is 2.46. The van der Waals surface area contributed by atoms with E-state index in [1.165, 1.54) is 11.3 Å². The first-order valence-electron chi connectivity index (χ1n) is 10.5. The Morgan fingerprint density at radius 2 is 1.97 bits per heavy atom. The topological polar surface area (TPSA) is 91.4 Å². The Hall–Kier alpha value is -2.74. The van der Waals surface area contributed by atoms with E-state index < -0.39 is 17.5 Å². The molecule has 2 heterocycles. The quantitative estimate of drug-likeness (QED) is 0.697. The summed E-state index contributed by atoms with van der Waals surface area (Å²) >= 11 is 1.31. The Bertz CT molecular complexity index is 1030. The Balaban J connectivity index is 1.43. The molecule has 8 heteroatoms. The van der Waals surface area contributed by atoms with Crippen LogP contribution in [0.3, 0.4) is 0 Å². The van der Waals surface area contributed by atoms with Gasteiger partial charge in [-0.05, 0) is 37.5 Å². The number of aryl methyl sites for hydroxylation is 1. The standard InChI is InChI=1S/C23H28N4O3S/c1-14-5-7-16(8-6-14)17-12-31-20(24-17)25-18(28)11-27-19(29)23(26-21(27)30)10-15(2)9-22(3,4)13-23/h5-8,12,15H,9-11,13H2,1-4H3,(H,26,30)(H,24,25,28). The van der Waals surface area contributed by atoms with Crippen LogP contribution in [-0.2, 0) is 9.59 Å². The number of nitrogens with one attached hydrogen (secondary N) is 2. The summed E-state index contributed by atoms with van der Waals surface area (Å²) < 4.78 is 0. The lowest BCUT2D eigenvalue weighted by molar-refractivity contribution is -0.136. The number of carbonyl (C=O) groups is 3. The molecule has 1 aliphatic heterocycles. The van der Waals surface area contributed by atoms with Gasteiger partial charge in [0.2, 0.25) is 5.91 Å². The average molecular weight is 441 g/mol. The van der Waals surface area contributed by atoms with Gasteiger partial charge in [0.1, 0.15) is 12.1 Å². The second kappa shape index (κ2) is 7.75. The highest BCUT2D eigenvalue weighted by atomic mass is 32.1. The number of benzene rings is 1. The van der Waals surface area contributed by atoms with Gasteiger partial charge in [0.15, 0.2) is 5.13 Å². The van der Waals surface area contributed by atoms with Gasteiger partial charge in [0.05, 0.1) is 5.69 Å². The highest BCUT2D eigenvalue weighted by Gasteiger charge is 2.56. The summed E-state index contributed by atoms with van der Waals surface area (Å²) in [4.78, 5) is 43.9. The summed E-state index contributed by atoms with van der Waals surface area (Å²) in [7, 11) is 0. The van der Waals surface area contributed by atoms with Crippen LogP contribution in [0, 0.1) is 18.3 Å². The van der Waals surface area contributed by atoms with Crippen LogP contribution in [0.15, 0.2) is 29.6 Å². The number of hydrogen-bond donors (Lipinski definition) is 2. The number of thiazole rings is 1. The molecule has 2 aromatic rings. The molecule has 2 aliphatic rings. The molecule has 4 amide bonds. The molecule has 1 aromatic heterocycles. The summed E-state index contributed by atoms with van der Waals surface area (Å²) in [6.45, 7) is 8.04. The van der Waals surface area contributed by atoms with Gasteiger partial charge >= 0.3 is 6.03 Å². The van der Waals surface area contributed by atoms with Crippen molar-refractivity contribution in [1.82, 2.24) is 15.2 Å². The lowest BCUT2D eigenvalue weighted by Gasteiger charge is -2.43. The Kier molecular flexibility index (Phi) is 5.37. The fraction of sp³-hybridized carbons (Fsp3) is 0.478. The molecule has 2 N–H and O–H groups in total. The summed E-state index contributed by atoms with van der Waals surface area (Å²) in [6.07, 6.45) is 2.19. The number of urea groups is 1. The van der Waals surface area contributed by atoms with Gasteiger partial charge in [-0.1, -0.05) is 50.6 Å². The van der Waals surface area contributed by atoms with E-state index in [1.54, 1.807) is 0 Å². The lowest BCUT2D eigenvalue weighted by atomic mass is 9.64. The predicted octanol–water partition coefficient (Wildman–Crippen LogP) is 4.19. The molecule has 1 saturated heterocycles. The van der Waals surface area contributed by atoms with Gasteiger partial charge in [0.25, 0.3) is 5.91 Å². The Morgan fingerprint density at radius 1 is 1.26 bits per heavy atom. The number of anilines is 1. The molecule has 2 atom stereocenters. The second-order valence-electron chi connectivity index (χ2n) is 9.71. The maximum atomic E-state index is 13.2. The molecule has 2 fully saturated rings. The van der Waals surface area contributed by atoms with E-state index in [0.29, 0.717) is 23.9 Å². The van der Waals surface area contributed by atoms with Gasteiger partial charge in [0, 0.05) is 10.9 Å². The number of hydrogen-bond acceptors (Lipinski definition) is 5. The van der Waals surface area contributed by atoms with E-state index in [-0.39, 0.29) is 17.9 Å². The van der Waals surface area contributed by atoms with Crippen molar-refractivity contribution in [2.24, 2.45) is 11.3 Å². The SMILES string of the molecule is Cc1ccc(-c2csc(NC(=O)CN3C(=O)NC4(CC(C)CC(C)(C)C4)C3=O)n2)cc1. The third kappa shape index (κ3) is 4.35. The van der Waals surface area contributed by atoms with Crippen molar-refractivity contribution in [3.05, 3.63) is 35.2 Å². The normalized spacial score (nSPS) is 25.0. The predicted molar refractivity (Wildman–Crippen MR) is 121 cm³/mol. The van der Waals surface area contributed by atoms with Crippen LogP contribution in [0.2, 0.25) is 0 Å². The summed E-state index contributed by atoms with van der Waals surface area (Å²) in [5.74, 6) is -0.419. The van der Waals surface area contributed by atoms with Crippen molar-refractivity contribution in [3.8, 4) is 11.3 Å². The zero-order valence-electron chi connectivity index (χ0n) is 18.3. The third-order valence-corrected chi connectivity index (χ3v) is 6.78. The molecule has 1 saturated carbocycles. The van der Waals surface area contributed by atoms with Crippen LogP contribution in [-0.4, -0.2) is 39.8 Å². The zero-order valence-corrected chi connectivity index (χ0v) is 19.1. The van der Waals surface area contributed by atoms with Crippen molar-refractivity contribution >= 4 is 34.3 Å². The largest absolute Gasteiger partial charge is 0.325 e. The van der Waals surface area contributed by atoms with Crippen LogP contribution >= 0.6 is 11.3 Å². The van der Waals surface area contributed by atoms with Crippen molar-refractivity contribution in [2.45, 2.75) is 52.5 Å². The first-order valence-corrected chi connectivity index (χ1v) is 11.4. The van der Waals surface area contributed by atoms with Gasteiger partial charge < -0.3 is 10.6 Å². The summed E-state index contributed by atoms with van der Waals surface area (Å²) in [6, 6.07) is 7.48. The van der Waals surface area contributed by atoms with Crippen LogP contribution in [0.1, 0.15) is 45.6 Å². The van der Waals surface area contributed by atoms with Crippen LogP contribution in [0.25, 0.3) is 11.3 Å². The molecule has 1 aromatic carbocycles. The smallest absolute Gasteiger partial charge is 0.323 e. The summed E-state index contributed by atoms with van der Waals surface area (Å²) in [5, 5.41) is 7.93. The summed E-state index contributed by atoms with van der Waals surface area (Å²) in [5.41, 5.74) is 1.94. The minimum Gasteiger partial charge on any atom is -0.323 e. The molecule has 2 unspecified atom stereocenters. The van der Waals surface area contributed by atoms with Crippen LogP contribution in [0.5, 0.6) is 0 Å². The minimum absolute atomic E-state index is 0.0495. The van der Waals surface area contributed by atoms with Crippen molar-refractivity contribution in [2.75, 3.05) is 11.9 Å². The van der Waals surface area contributed by atoms with E-state index >= 15 is 0 Å². The van der Waals surface area contributed by atoms with E-state index in [9.17, 15) is 14.4 Å². The average Bonchev–Trinajstić information content (AvgIpc) is 3.19. The molecular weight excluding hydrogens is 412 g/mol. The van der Waals surface area contributed by atoms with E-state index in [2.05, 4.69) is 36.4 Å². The zero-order chi connectivity index (χ0) is 22.4. The molecule has 164 valence electrons. The molecule has 4 rings (SSSR count). The Labute approximate surface area is 186 Å². The van der Waals surface area contributed by atoms with E-state index in [0.717, 1.165) is 28.1 Å². The molecule has 7 nitrogen and oxygen atoms in total. The van der Waals surface area contributed by atoms with Crippen LogP contribution < -0.4 is 10.6 Å². The second-order valence-corrected chi connectivity index (χ2v) is 10.6. The first-order chi connectivity index (χ1) is 14.6. The molecule has 0 radical (unpaired) electrons. The van der Waals surface area contributed by atoms with Gasteiger partial charge in [-0.25, -0.2) is 9.78 Å². The van der Waals surface area contributed by atoms with Gasteiger partial charge in [-0.2, -0.15) is 0 Å². The first kappa shape index (κ1) is 21.5. The van der Waals surface area contributed by atoms with Crippen LogP contribution in [0.4, 0.5) is 9.93 Å². The maximum absolute atomic E-state index is 13.2. The number of amides is 4. The minimum atomic E-state index is -0.904. The highest BCUT2D eigenvalue weighted by molar-refractivity contribution is 7.14. The third-order valence-electron chi connectivity index (χ3n) is 6.02. The van der Waals surface area contributed by atoms with Gasteiger partial charge in [-0.3, -0.25) is 14.5 Å². The molecular formula is C23H28N4O3S. The molecule has 1 aliphatic carbocycles.